The summed E-state index contributed by atoms with van der Waals surface area (Å²) in [7, 11) is 0. The minimum atomic E-state index is -0.379. The monoisotopic (exact) mass is 610 g/mol. The minimum Gasteiger partial charge on any atom is -0.378 e. The number of hydrogen-bond donors (Lipinski definition) is 4. The molecule has 45 heavy (non-hydrogen) atoms. The van der Waals surface area contributed by atoms with Crippen LogP contribution in [0.5, 0.6) is 0 Å². The molecule has 0 bridgehead atoms. The highest BCUT2D eigenvalue weighted by molar-refractivity contribution is 5.99. The second-order valence-electron chi connectivity index (χ2n) is 11.8. The van der Waals surface area contributed by atoms with Crippen molar-refractivity contribution in [2.24, 2.45) is 0 Å². The largest absolute Gasteiger partial charge is 0.378 e. The molecular weight excluding hydrogens is 572 g/mol. The fraction of sp³-hybridized carbons (Fsp3) is 0.406. The molecule has 234 valence electrons. The van der Waals surface area contributed by atoms with Crippen molar-refractivity contribution in [2.75, 3.05) is 79.5 Å². The van der Waals surface area contributed by atoms with Crippen molar-refractivity contribution in [3.63, 3.8) is 0 Å². The molecule has 4 N–H and O–H groups in total. The van der Waals surface area contributed by atoms with E-state index in [4.69, 9.17) is 4.74 Å². The molecule has 13 nitrogen and oxygen atoms in total. The Kier molecular flexibility index (Phi) is 8.43. The predicted molar refractivity (Wildman–Crippen MR) is 174 cm³/mol. The normalized spacial score (nSPS) is 17.1. The maximum atomic E-state index is 12.8. The molecule has 0 radical (unpaired) electrons. The lowest BCUT2D eigenvalue weighted by Gasteiger charge is -2.41. The molecule has 0 aliphatic carbocycles. The highest BCUT2D eigenvalue weighted by atomic mass is 16.5. The van der Waals surface area contributed by atoms with E-state index in [2.05, 4.69) is 56.7 Å². The number of urea groups is 1. The van der Waals surface area contributed by atoms with Gasteiger partial charge in [-0.05, 0) is 62.3 Å². The van der Waals surface area contributed by atoms with E-state index in [0.717, 1.165) is 86.0 Å². The number of anilines is 4. The Morgan fingerprint density at radius 1 is 0.933 bits per heavy atom. The van der Waals surface area contributed by atoms with Crippen molar-refractivity contribution < 1.29 is 14.3 Å². The summed E-state index contributed by atoms with van der Waals surface area (Å²) in [6.07, 6.45) is 6.01. The molecule has 3 amide bonds. The SMILES string of the molecule is O=C(CCCN1CCC1)NC1CN(c2ccnc(NC(=O)Nc3ccc(-c4cc5c(N6CCOCC6)ncnc5[nH]4)cc3)c2)C1. The number of nitrogens with one attached hydrogen (secondary N) is 4. The standard InChI is InChI=1S/C32H38N10O3/c43-29(3-1-10-40-11-2-12-40)36-24-19-42(20-24)25-8-9-33-28(17-25)39-32(44)37-23-6-4-22(5-7-23)27-18-26-30(38-27)34-21-35-31(26)41-13-15-45-16-14-41/h4-9,17-18,21,24H,1-3,10-16,19-20H2,(H,36,43)(H,34,35,38)(H2,33,37,39,44). The van der Waals surface area contributed by atoms with Gasteiger partial charge < -0.3 is 35.1 Å². The molecule has 0 spiro atoms. The van der Waals surface area contributed by atoms with Crippen molar-refractivity contribution in [3.8, 4) is 11.3 Å². The van der Waals surface area contributed by atoms with Crippen LogP contribution in [0.25, 0.3) is 22.3 Å². The van der Waals surface area contributed by atoms with Gasteiger partial charge in [-0.25, -0.2) is 19.7 Å². The third-order valence-electron chi connectivity index (χ3n) is 8.59. The van der Waals surface area contributed by atoms with Crippen molar-refractivity contribution in [2.45, 2.75) is 25.3 Å². The number of rotatable bonds is 10. The smallest absolute Gasteiger partial charge is 0.324 e. The second-order valence-corrected chi connectivity index (χ2v) is 11.8. The van der Waals surface area contributed by atoms with Crippen molar-refractivity contribution in [1.82, 2.24) is 30.2 Å². The maximum Gasteiger partial charge on any atom is 0.324 e. The van der Waals surface area contributed by atoms with Gasteiger partial charge in [0.05, 0.1) is 24.6 Å². The Bertz CT molecular complexity index is 1640. The van der Waals surface area contributed by atoms with Gasteiger partial charge in [-0.2, -0.15) is 0 Å². The third kappa shape index (κ3) is 6.84. The number of hydrogen-bond acceptors (Lipinski definition) is 9. The first-order chi connectivity index (χ1) is 22.1. The van der Waals surface area contributed by atoms with E-state index in [9.17, 15) is 9.59 Å². The number of morpholine rings is 1. The van der Waals surface area contributed by atoms with Crippen LogP contribution in [0.1, 0.15) is 19.3 Å². The molecule has 0 atom stereocenters. The Labute approximate surface area is 261 Å². The minimum absolute atomic E-state index is 0.121. The predicted octanol–water partition coefficient (Wildman–Crippen LogP) is 3.29. The van der Waals surface area contributed by atoms with Crippen molar-refractivity contribution >= 4 is 46.0 Å². The van der Waals surface area contributed by atoms with Crippen LogP contribution in [0.3, 0.4) is 0 Å². The van der Waals surface area contributed by atoms with Gasteiger partial charge in [0.2, 0.25) is 5.91 Å². The molecule has 4 aromatic rings. The van der Waals surface area contributed by atoms with Gasteiger partial charge in [0.1, 0.15) is 23.6 Å². The zero-order chi connectivity index (χ0) is 30.6. The van der Waals surface area contributed by atoms with Gasteiger partial charge in [0.25, 0.3) is 0 Å². The number of ether oxygens (including phenoxy) is 1. The zero-order valence-electron chi connectivity index (χ0n) is 25.2. The van der Waals surface area contributed by atoms with Gasteiger partial charge in [-0.15, -0.1) is 0 Å². The number of aromatic nitrogens is 4. The molecule has 0 unspecified atom stereocenters. The van der Waals surface area contributed by atoms with Crippen LogP contribution in [0, 0.1) is 0 Å². The summed E-state index contributed by atoms with van der Waals surface area (Å²) in [6.45, 7) is 7.77. The van der Waals surface area contributed by atoms with E-state index in [1.165, 1.54) is 6.42 Å². The van der Waals surface area contributed by atoms with Gasteiger partial charge in [-0.3, -0.25) is 10.1 Å². The fourth-order valence-corrected chi connectivity index (χ4v) is 5.95. The highest BCUT2D eigenvalue weighted by Gasteiger charge is 2.28. The Morgan fingerprint density at radius 3 is 2.53 bits per heavy atom. The first kappa shape index (κ1) is 29.0. The molecular formula is C32H38N10O3. The van der Waals surface area contributed by atoms with Crippen LogP contribution >= 0.6 is 0 Å². The van der Waals surface area contributed by atoms with E-state index in [1.54, 1.807) is 12.5 Å². The molecule has 7 rings (SSSR count). The fourth-order valence-electron chi connectivity index (χ4n) is 5.95. The number of H-pyrrole nitrogens is 1. The summed E-state index contributed by atoms with van der Waals surface area (Å²) in [5.74, 6) is 1.48. The molecule has 6 heterocycles. The molecule has 3 saturated heterocycles. The van der Waals surface area contributed by atoms with Crippen LogP contribution in [-0.4, -0.2) is 102 Å². The Balaban J connectivity index is 0.900. The number of aromatic amines is 1. The molecule has 13 heteroatoms. The van der Waals surface area contributed by atoms with Crippen LogP contribution in [-0.2, 0) is 9.53 Å². The number of likely N-dealkylation sites (tertiary alicyclic amines) is 1. The number of pyridine rings is 1. The van der Waals surface area contributed by atoms with E-state index in [-0.39, 0.29) is 18.0 Å². The van der Waals surface area contributed by atoms with Crippen molar-refractivity contribution in [3.05, 3.63) is 55.0 Å². The summed E-state index contributed by atoms with van der Waals surface area (Å²) in [4.78, 5) is 48.5. The van der Waals surface area contributed by atoms with Gasteiger partial charge >= 0.3 is 6.03 Å². The summed E-state index contributed by atoms with van der Waals surface area (Å²) >= 11 is 0. The lowest BCUT2D eigenvalue weighted by molar-refractivity contribution is -0.122. The second kappa shape index (κ2) is 13.1. The summed E-state index contributed by atoms with van der Waals surface area (Å²) in [5.41, 5.74) is 4.28. The average molecular weight is 611 g/mol. The average Bonchev–Trinajstić information content (AvgIpc) is 3.45. The topological polar surface area (TPSA) is 144 Å². The Hall–Kier alpha value is -4.75. The number of fused-ring (bicyclic) bond motifs is 1. The van der Waals surface area contributed by atoms with Gasteiger partial charge in [-0.1, -0.05) is 12.1 Å². The summed E-state index contributed by atoms with van der Waals surface area (Å²) in [6, 6.07) is 13.2. The zero-order valence-corrected chi connectivity index (χ0v) is 25.2. The van der Waals surface area contributed by atoms with E-state index < -0.39 is 0 Å². The number of nitrogens with zero attached hydrogens (tertiary/aromatic N) is 6. The first-order valence-electron chi connectivity index (χ1n) is 15.6. The van der Waals surface area contributed by atoms with Crippen LogP contribution in [0.4, 0.5) is 27.8 Å². The number of carbonyl (C=O) groups is 2. The van der Waals surface area contributed by atoms with Crippen molar-refractivity contribution in [1.29, 1.82) is 0 Å². The molecule has 1 aromatic carbocycles. The summed E-state index contributed by atoms with van der Waals surface area (Å²) < 4.78 is 5.49. The quantitative estimate of drug-likeness (QED) is 0.213. The van der Waals surface area contributed by atoms with Gasteiger partial charge in [0.15, 0.2) is 0 Å². The summed E-state index contributed by atoms with van der Waals surface area (Å²) in [5, 5.41) is 9.80. The van der Waals surface area contributed by atoms with E-state index in [0.29, 0.717) is 31.1 Å². The number of amides is 3. The molecule has 0 saturated carbocycles. The maximum absolute atomic E-state index is 12.8. The van der Waals surface area contributed by atoms with E-state index >= 15 is 0 Å². The number of carbonyl (C=O) groups excluding carboxylic acids is 2. The first-order valence-corrected chi connectivity index (χ1v) is 15.6. The number of benzene rings is 1. The molecule has 3 aromatic heterocycles. The lowest BCUT2D eigenvalue weighted by Crippen LogP contribution is -2.59. The van der Waals surface area contributed by atoms with Crippen LogP contribution in [0.2, 0.25) is 0 Å². The Morgan fingerprint density at radius 2 is 1.76 bits per heavy atom. The van der Waals surface area contributed by atoms with Crippen LogP contribution in [0.15, 0.2) is 55.0 Å². The van der Waals surface area contributed by atoms with E-state index in [1.807, 2.05) is 36.4 Å². The molecule has 3 aliphatic heterocycles. The molecule has 3 fully saturated rings. The highest BCUT2D eigenvalue weighted by Crippen LogP contribution is 2.30. The lowest BCUT2D eigenvalue weighted by atomic mass is 10.1. The molecule has 3 aliphatic rings. The third-order valence-corrected chi connectivity index (χ3v) is 8.59. The van der Waals surface area contributed by atoms with Crippen LogP contribution < -0.4 is 25.8 Å². The van der Waals surface area contributed by atoms with Gasteiger partial charge in [0, 0.05) is 61.9 Å².